The molecule has 0 aliphatic carbocycles. The minimum Gasteiger partial charge on any atom is -0.303 e. The molecule has 0 aliphatic rings. The van der Waals surface area contributed by atoms with Crippen LogP contribution in [0.1, 0.15) is 20.8 Å². The molecule has 1 nitrogen and oxygen atoms in total. The zero-order chi connectivity index (χ0) is 7.98. The molecule has 0 unspecified atom stereocenters. The van der Waals surface area contributed by atoms with E-state index in [1.807, 2.05) is 11.8 Å². The Balaban J connectivity index is 3.13. The SMILES string of the molecule is CCSCCN(C)C(C)C. The highest BCUT2D eigenvalue weighted by Crippen LogP contribution is 2.00. The van der Waals surface area contributed by atoms with Crippen LogP contribution in [0.5, 0.6) is 0 Å². The van der Waals surface area contributed by atoms with Crippen LogP contribution in [0, 0.1) is 0 Å². The van der Waals surface area contributed by atoms with E-state index in [1.54, 1.807) is 0 Å². The number of thioether (sulfide) groups is 1. The Hall–Kier alpha value is 0.310. The van der Waals surface area contributed by atoms with Crippen molar-refractivity contribution < 1.29 is 0 Å². The van der Waals surface area contributed by atoms with Crippen molar-refractivity contribution in [2.45, 2.75) is 26.8 Å². The molecule has 0 amide bonds. The standard InChI is InChI=1S/C8H19NS/c1-5-10-7-6-9(4)8(2)3/h8H,5-7H2,1-4H3. The summed E-state index contributed by atoms with van der Waals surface area (Å²) in [4.78, 5) is 2.38. The summed E-state index contributed by atoms with van der Waals surface area (Å²) in [5, 5.41) is 0. The topological polar surface area (TPSA) is 3.24 Å². The van der Waals surface area contributed by atoms with E-state index in [4.69, 9.17) is 0 Å². The van der Waals surface area contributed by atoms with E-state index in [2.05, 4.69) is 32.7 Å². The summed E-state index contributed by atoms with van der Waals surface area (Å²) in [5.74, 6) is 2.51. The molecule has 0 N–H and O–H groups in total. The van der Waals surface area contributed by atoms with Crippen LogP contribution in [0.2, 0.25) is 0 Å². The van der Waals surface area contributed by atoms with E-state index in [-0.39, 0.29) is 0 Å². The van der Waals surface area contributed by atoms with E-state index < -0.39 is 0 Å². The molecule has 0 radical (unpaired) electrons. The molecule has 2 heteroatoms. The lowest BCUT2D eigenvalue weighted by Crippen LogP contribution is -2.28. The fraction of sp³-hybridized carbons (Fsp3) is 1.00. The van der Waals surface area contributed by atoms with Crippen molar-refractivity contribution >= 4 is 11.8 Å². The molecular weight excluding hydrogens is 142 g/mol. The Morgan fingerprint density at radius 1 is 1.40 bits per heavy atom. The second-order valence-corrected chi connectivity index (χ2v) is 4.17. The van der Waals surface area contributed by atoms with E-state index in [1.165, 1.54) is 18.1 Å². The molecule has 0 rings (SSSR count). The van der Waals surface area contributed by atoms with Gasteiger partial charge in [0.15, 0.2) is 0 Å². The summed E-state index contributed by atoms with van der Waals surface area (Å²) in [6.07, 6.45) is 0. The minimum absolute atomic E-state index is 0.692. The van der Waals surface area contributed by atoms with Gasteiger partial charge in [-0.2, -0.15) is 11.8 Å². The van der Waals surface area contributed by atoms with Crippen molar-refractivity contribution in [3.05, 3.63) is 0 Å². The van der Waals surface area contributed by atoms with Gasteiger partial charge in [-0.1, -0.05) is 6.92 Å². The first kappa shape index (κ1) is 10.3. The van der Waals surface area contributed by atoms with Crippen LogP contribution in [-0.4, -0.2) is 36.0 Å². The number of nitrogens with zero attached hydrogens (tertiary/aromatic N) is 1. The zero-order valence-corrected chi connectivity index (χ0v) is 8.37. The fourth-order valence-electron chi connectivity index (χ4n) is 0.611. The van der Waals surface area contributed by atoms with Crippen molar-refractivity contribution in [3.8, 4) is 0 Å². The first-order valence-electron chi connectivity index (χ1n) is 3.96. The molecule has 0 aromatic carbocycles. The number of hydrogen-bond donors (Lipinski definition) is 0. The van der Waals surface area contributed by atoms with E-state index in [9.17, 15) is 0 Å². The Bertz CT molecular complexity index is 73.7. The first-order valence-corrected chi connectivity index (χ1v) is 5.12. The van der Waals surface area contributed by atoms with E-state index in [0.29, 0.717) is 6.04 Å². The molecule has 10 heavy (non-hydrogen) atoms. The molecule has 0 fully saturated rings. The van der Waals surface area contributed by atoms with Crippen molar-refractivity contribution in [1.82, 2.24) is 4.90 Å². The molecule has 0 spiro atoms. The Kier molecular flexibility index (Phi) is 6.24. The molecule has 0 aromatic rings. The van der Waals surface area contributed by atoms with Crippen LogP contribution in [0.25, 0.3) is 0 Å². The maximum Gasteiger partial charge on any atom is 0.00720 e. The average molecular weight is 161 g/mol. The van der Waals surface area contributed by atoms with Gasteiger partial charge in [0.05, 0.1) is 0 Å². The van der Waals surface area contributed by atoms with Crippen molar-refractivity contribution in [1.29, 1.82) is 0 Å². The predicted molar refractivity (Wildman–Crippen MR) is 50.8 cm³/mol. The monoisotopic (exact) mass is 161 g/mol. The number of rotatable bonds is 5. The summed E-state index contributed by atoms with van der Waals surface area (Å²) < 4.78 is 0. The van der Waals surface area contributed by atoms with Crippen LogP contribution in [-0.2, 0) is 0 Å². The molecular formula is C8H19NS. The van der Waals surface area contributed by atoms with Crippen molar-refractivity contribution in [2.24, 2.45) is 0 Å². The molecule has 0 bridgehead atoms. The van der Waals surface area contributed by atoms with Gasteiger partial charge in [0.25, 0.3) is 0 Å². The largest absolute Gasteiger partial charge is 0.303 e. The van der Waals surface area contributed by atoms with Gasteiger partial charge in [-0.25, -0.2) is 0 Å². The summed E-state index contributed by atoms with van der Waals surface area (Å²) in [6.45, 7) is 7.89. The zero-order valence-electron chi connectivity index (χ0n) is 7.55. The van der Waals surface area contributed by atoms with Crippen LogP contribution >= 0.6 is 11.8 Å². The maximum absolute atomic E-state index is 2.38. The fourth-order valence-corrected chi connectivity index (χ4v) is 1.32. The molecule has 0 heterocycles. The van der Waals surface area contributed by atoms with Gasteiger partial charge >= 0.3 is 0 Å². The highest BCUT2D eigenvalue weighted by Gasteiger charge is 2.00. The van der Waals surface area contributed by atoms with Gasteiger partial charge in [-0.3, -0.25) is 0 Å². The van der Waals surface area contributed by atoms with Crippen molar-refractivity contribution in [2.75, 3.05) is 25.1 Å². The summed E-state index contributed by atoms with van der Waals surface area (Å²) in [5.41, 5.74) is 0. The lowest BCUT2D eigenvalue weighted by Gasteiger charge is -2.20. The summed E-state index contributed by atoms with van der Waals surface area (Å²) in [7, 11) is 2.18. The molecule has 0 saturated carbocycles. The maximum atomic E-state index is 2.38. The van der Waals surface area contributed by atoms with Gasteiger partial charge in [0, 0.05) is 18.3 Å². The molecule has 0 atom stereocenters. The Labute approximate surface area is 69.2 Å². The Morgan fingerprint density at radius 2 is 2.00 bits per heavy atom. The van der Waals surface area contributed by atoms with Crippen LogP contribution in [0.3, 0.4) is 0 Å². The summed E-state index contributed by atoms with van der Waals surface area (Å²) in [6, 6.07) is 0.692. The number of hydrogen-bond acceptors (Lipinski definition) is 2. The third kappa shape index (κ3) is 5.12. The molecule has 0 aromatic heterocycles. The van der Waals surface area contributed by atoms with Gasteiger partial charge in [0.2, 0.25) is 0 Å². The second kappa shape index (κ2) is 6.05. The Morgan fingerprint density at radius 3 is 2.40 bits per heavy atom. The van der Waals surface area contributed by atoms with Gasteiger partial charge < -0.3 is 4.90 Å². The normalized spacial score (nSPS) is 11.4. The highest BCUT2D eigenvalue weighted by atomic mass is 32.2. The van der Waals surface area contributed by atoms with Crippen molar-refractivity contribution in [3.63, 3.8) is 0 Å². The molecule has 62 valence electrons. The molecule has 0 aliphatic heterocycles. The highest BCUT2D eigenvalue weighted by molar-refractivity contribution is 7.99. The van der Waals surface area contributed by atoms with Crippen LogP contribution in [0.4, 0.5) is 0 Å². The van der Waals surface area contributed by atoms with Crippen LogP contribution < -0.4 is 0 Å². The quantitative estimate of drug-likeness (QED) is 0.568. The van der Waals surface area contributed by atoms with E-state index in [0.717, 1.165) is 0 Å². The summed E-state index contributed by atoms with van der Waals surface area (Å²) >= 11 is 2.01. The van der Waals surface area contributed by atoms with Crippen LogP contribution in [0.15, 0.2) is 0 Å². The third-order valence-electron chi connectivity index (χ3n) is 1.67. The third-order valence-corrected chi connectivity index (χ3v) is 2.55. The lowest BCUT2D eigenvalue weighted by atomic mass is 10.3. The predicted octanol–water partition coefficient (Wildman–Crippen LogP) is 2.08. The first-order chi connectivity index (χ1) is 4.68. The smallest absolute Gasteiger partial charge is 0.00720 e. The van der Waals surface area contributed by atoms with E-state index >= 15 is 0 Å². The van der Waals surface area contributed by atoms with Gasteiger partial charge in [-0.05, 0) is 26.6 Å². The minimum atomic E-state index is 0.692. The van der Waals surface area contributed by atoms with Gasteiger partial charge in [0.1, 0.15) is 0 Å². The van der Waals surface area contributed by atoms with Gasteiger partial charge in [-0.15, -0.1) is 0 Å². The lowest BCUT2D eigenvalue weighted by molar-refractivity contribution is 0.291. The average Bonchev–Trinajstić information content (AvgIpc) is 1.88. The second-order valence-electron chi connectivity index (χ2n) is 2.77. The molecule has 0 saturated heterocycles.